The normalized spacial score (nSPS) is 13.1. The number of nitrogens with zero attached hydrogens (tertiary/aromatic N) is 1. The summed E-state index contributed by atoms with van der Waals surface area (Å²) < 4.78 is 1.02. The number of nitrogens with two attached hydrogens (primary N) is 1. The quantitative estimate of drug-likeness (QED) is 0.624. The molecular weight excluding hydrogens is 266 g/mol. The van der Waals surface area contributed by atoms with Crippen molar-refractivity contribution in [3.63, 3.8) is 0 Å². The van der Waals surface area contributed by atoms with Crippen molar-refractivity contribution in [1.29, 1.82) is 0 Å². The number of nitrogens with one attached hydrogen (secondary N) is 1. The van der Waals surface area contributed by atoms with Gasteiger partial charge in [-0.15, -0.1) is 0 Å². The Bertz CT molecular complexity index is 315. The number of aromatic nitrogens is 1. The highest BCUT2D eigenvalue weighted by molar-refractivity contribution is 9.10. The van der Waals surface area contributed by atoms with E-state index in [4.69, 9.17) is 5.84 Å². The van der Waals surface area contributed by atoms with Crippen LogP contribution in [0.2, 0.25) is 0 Å². The first-order valence-corrected chi connectivity index (χ1v) is 6.46. The van der Waals surface area contributed by atoms with Crippen molar-refractivity contribution in [2.24, 2.45) is 11.8 Å². The molecular formula is C12H20BrN3. The lowest BCUT2D eigenvalue weighted by Gasteiger charge is -2.16. The third kappa shape index (κ3) is 5.05. The minimum absolute atomic E-state index is 0.332. The highest BCUT2D eigenvalue weighted by Crippen LogP contribution is 2.14. The van der Waals surface area contributed by atoms with Gasteiger partial charge in [0.15, 0.2) is 0 Å². The molecule has 1 rings (SSSR count). The molecule has 0 spiro atoms. The molecule has 3 N–H and O–H groups in total. The topological polar surface area (TPSA) is 50.9 Å². The van der Waals surface area contributed by atoms with Gasteiger partial charge in [0.1, 0.15) is 0 Å². The number of halogens is 1. The zero-order valence-corrected chi connectivity index (χ0v) is 11.5. The molecule has 0 aliphatic heterocycles. The molecule has 0 saturated carbocycles. The minimum atomic E-state index is 0.332. The standard InChI is InChI=1S/C12H20BrN3/c1-9(2)3-4-12(16-14)6-10-5-11(13)8-15-7-10/h5,7-9,12,16H,3-4,6,14H2,1-2H3. The van der Waals surface area contributed by atoms with Crippen molar-refractivity contribution in [2.75, 3.05) is 0 Å². The molecule has 1 heterocycles. The zero-order valence-electron chi connectivity index (χ0n) is 9.91. The van der Waals surface area contributed by atoms with E-state index in [1.165, 1.54) is 12.0 Å². The van der Waals surface area contributed by atoms with Gasteiger partial charge in [0.2, 0.25) is 0 Å². The predicted molar refractivity (Wildman–Crippen MR) is 70.8 cm³/mol. The van der Waals surface area contributed by atoms with E-state index in [2.05, 4.69) is 46.3 Å². The maximum Gasteiger partial charge on any atom is 0.0410 e. The molecule has 1 unspecified atom stereocenters. The van der Waals surface area contributed by atoms with Gasteiger partial charge in [0.05, 0.1) is 0 Å². The molecule has 0 amide bonds. The van der Waals surface area contributed by atoms with E-state index >= 15 is 0 Å². The Balaban J connectivity index is 2.49. The predicted octanol–water partition coefficient (Wildman–Crippen LogP) is 2.65. The molecule has 1 atom stereocenters. The van der Waals surface area contributed by atoms with Crippen molar-refractivity contribution in [1.82, 2.24) is 10.4 Å². The summed E-state index contributed by atoms with van der Waals surface area (Å²) >= 11 is 3.42. The Morgan fingerprint density at radius 3 is 2.69 bits per heavy atom. The third-order valence-electron chi connectivity index (χ3n) is 2.57. The number of hydrogen-bond acceptors (Lipinski definition) is 3. The van der Waals surface area contributed by atoms with Gasteiger partial charge in [0.25, 0.3) is 0 Å². The van der Waals surface area contributed by atoms with Crippen LogP contribution in [0.5, 0.6) is 0 Å². The van der Waals surface area contributed by atoms with E-state index < -0.39 is 0 Å². The van der Waals surface area contributed by atoms with E-state index in [0.717, 1.165) is 23.2 Å². The molecule has 1 aromatic rings. The molecule has 0 aliphatic rings. The van der Waals surface area contributed by atoms with E-state index in [1.54, 1.807) is 6.20 Å². The lowest BCUT2D eigenvalue weighted by molar-refractivity contribution is 0.434. The largest absolute Gasteiger partial charge is 0.271 e. The van der Waals surface area contributed by atoms with Gasteiger partial charge in [-0.1, -0.05) is 13.8 Å². The van der Waals surface area contributed by atoms with Crippen LogP contribution in [0.1, 0.15) is 32.3 Å². The number of rotatable bonds is 6. The fraction of sp³-hybridized carbons (Fsp3) is 0.583. The lowest BCUT2D eigenvalue weighted by atomic mass is 9.99. The smallest absolute Gasteiger partial charge is 0.0410 e. The molecule has 0 bridgehead atoms. The van der Waals surface area contributed by atoms with Crippen LogP contribution in [0.25, 0.3) is 0 Å². The molecule has 3 nitrogen and oxygen atoms in total. The first-order chi connectivity index (χ1) is 7.61. The highest BCUT2D eigenvalue weighted by Gasteiger charge is 2.09. The maximum absolute atomic E-state index is 5.56. The second-order valence-corrected chi connectivity index (χ2v) is 5.47. The Labute approximate surface area is 106 Å². The van der Waals surface area contributed by atoms with Crippen LogP contribution in [0.4, 0.5) is 0 Å². The Kier molecular flexibility index (Phi) is 5.95. The summed E-state index contributed by atoms with van der Waals surface area (Å²) in [5, 5.41) is 0. The van der Waals surface area contributed by atoms with Gasteiger partial charge in [-0.25, -0.2) is 0 Å². The maximum atomic E-state index is 5.56. The van der Waals surface area contributed by atoms with Crippen LogP contribution in [0.15, 0.2) is 22.9 Å². The van der Waals surface area contributed by atoms with Crippen LogP contribution >= 0.6 is 15.9 Å². The molecule has 4 heteroatoms. The summed E-state index contributed by atoms with van der Waals surface area (Å²) in [6.07, 6.45) is 6.90. The molecule has 0 fully saturated rings. The van der Waals surface area contributed by atoms with Crippen molar-refractivity contribution in [3.8, 4) is 0 Å². The summed E-state index contributed by atoms with van der Waals surface area (Å²) in [5.41, 5.74) is 4.09. The van der Waals surface area contributed by atoms with Gasteiger partial charge in [-0.3, -0.25) is 16.3 Å². The monoisotopic (exact) mass is 285 g/mol. The fourth-order valence-electron chi connectivity index (χ4n) is 1.63. The fourth-order valence-corrected chi connectivity index (χ4v) is 2.04. The van der Waals surface area contributed by atoms with Crippen LogP contribution < -0.4 is 11.3 Å². The molecule has 0 radical (unpaired) electrons. The number of hydrazine groups is 1. The summed E-state index contributed by atoms with van der Waals surface area (Å²) in [4.78, 5) is 4.15. The van der Waals surface area contributed by atoms with E-state index in [9.17, 15) is 0 Å². The summed E-state index contributed by atoms with van der Waals surface area (Å²) in [6.45, 7) is 4.46. The number of hydrogen-bond donors (Lipinski definition) is 2. The Morgan fingerprint density at radius 2 is 2.12 bits per heavy atom. The van der Waals surface area contributed by atoms with E-state index in [0.29, 0.717) is 6.04 Å². The van der Waals surface area contributed by atoms with Crippen LogP contribution in [-0.2, 0) is 6.42 Å². The van der Waals surface area contributed by atoms with Gasteiger partial charge in [-0.05, 0) is 52.7 Å². The molecule has 0 aromatic carbocycles. The van der Waals surface area contributed by atoms with Crippen molar-refractivity contribution in [3.05, 3.63) is 28.5 Å². The zero-order chi connectivity index (χ0) is 12.0. The Morgan fingerprint density at radius 1 is 1.38 bits per heavy atom. The first kappa shape index (κ1) is 13.6. The third-order valence-corrected chi connectivity index (χ3v) is 3.01. The van der Waals surface area contributed by atoms with Gasteiger partial charge in [0, 0.05) is 22.9 Å². The Hall–Kier alpha value is -0.450. The summed E-state index contributed by atoms with van der Waals surface area (Å²) in [7, 11) is 0. The highest BCUT2D eigenvalue weighted by atomic mass is 79.9. The van der Waals surface area contributed by atoms with E-state index in [-0.39, 0.29) is 0 Å². The molecule has 0 saturated heterocycles. The van der Waals surface area contributed by atoms with Crippen molar-refractivity contribution >= 4 is 15.9 Å². The van der Waals surface area contributed by atoms with Crippen LogP contribution in [0.3, 0.4) is 0 Å². The second kappa shape index (κ2) is 6.99. The van der Waals surface area contributed by atoms with Gasteiger partial charge < -0.3 is 0 Å². The van der Waals surface area contributed by atoms with Gasteiger partial charge in [-0.2, -0.15) is 0 Å². The van der Waals surface area contributed by atoms with Crippen LogP contribution in [0, 0.1) is 5.92 Å². The lowest BCUT2D eigenvalue weighted by Crippen LogP contribution is -2.37. The minimum Gasteiger partial charge on any atom is -0.271 e. The number of pyridine rings is 1. The first-order valence-electron chi connectivity index (χ1n) is 5.67. The average molecular weight is 286 g/mol. The second-order valence-electron chi connectivity index (χ2n) is 4.55. The summed E-state index contributed by atoms with van der Waals surface area (Å²) in [5.74, 6) is 6.28. The van der Waals surface area contributed by atoms with Crippen LogP contribution in [-0.4, -0.2) is 11.0 Å². The average Bonchev–Trinajstić information content (AvgIpc) is 2.24. The SMILES string of the molecule is CC(C)CCC(Cc1cncc(Br)c1)NN. The van der Waals surface area contributed by atoms with Gasteiger partial charge >= 0.3 is 0 Å². The molecule has 90 valence electrons. The molecule has 16 heavy (non-hydrogen) atoms. The summed E-state index contributed by atoms with van der Waals surface area (Å²) in [6, 6.07) is 2.42. The van der Waals surface area contributed by atoms with Crippen molar-refractivity contribution in [2.45, 2.75) is 39.2 Å². The van der Waals surface area contributed by atoms with Crippen molar-refractivity contribution < 1.29 is 0 Å². The van der Waals surface area contributed by atoms with E-state index in [1.807, 2.05) is 6.20 Å². The molecule has 0 aliphatic carbocycles. The molecule has 1 aromatic heterocycles.